The molecule has 3 heterocycles. The van der Waals surface area contributed by atoms with Crippen LogP contribution in [0.25, 0.3) is 5.57 Å². The summed E-state index contributed by atoms with van der Waals surface area (Å²) in [4.78, 5) is 2.29. The maximum Gasteiger partial charge on any atom is 0.212 e. The number of fused-ring (bicyclic) bond motifs is 1. The van der Waals surface area contributed by atoms with Crippen molar-refractivity contribution in [1.82, 2.24) is 4.90 Å². The van der Waals surface area contributed by atoms with Crippen LogP contribution in [0.15, 0.2) is 54.5 Å². The number of nitrogens with zero attached hydrogens (tertiary/aromatic N) is 2. The zero-order valence-electron chi connectivity index (χ0n) is 10.3. The molecule has 0 spiro atoms. The van der Waals surface area contributed by atoms with Crippen molar-refractivity contribution in [1.29, 1.82) is 0 Å². The Labute approximate surface area is 102 Å². The fourth-order valence-corrected chi connectivity index (χ4v) is 2.65. The van der Waals surface area contributed by atoms with Gasteiger partial charge in [0.25, 0.3) is 0 Å². The molecule has 0 bridgehead atoms. The van der Waals surface area contributed by atoms with Crippen molar-refractivity contribution < 1.29 is 4.57 Å². The quantitative estimate of drug-likeness (QED) is 0.666. The highest BCUT2D eigenvalue weighted by atomic mass is 15.1. The first-order valence-corrected chi connectivity index (χ1v) is 6.05. The highest BCUT2D eigenvalue weighted by molar-refractivity contribution is 5.75. The molecule has 3 rings (SSSR count). The zero-order chi connectivity index (χ0) is 11.8. The average Bonchev–Trinajstić information content (AvgIpc) is 2.80. The summed E-state index contributed by atoms with van der Waals surface area (Å²) in [6, 6.07) is 6.87. The first-order valence-electron chi connectivity index (χ1n) is 6.05. The molecule has 0 saturated carbocycles. The lowest BCUT2D eigenvalue weighted by molar-refractivity contribution is -0.673. The molecular weight excluding hydrogens is 208 g/mol. The van der Waals surface area contributed by atoms with Gasteiger partial charge < -0.3 is 4.90 Å². The van der Waals surface area contributed by atoms with Crippen molar-refractivity contribution in [2.45, 2.75) is 19.4 Å². The first kappa shape index (κ1) is 10.3. The molecule has 1 atom stereocenters. The van der Waals surface area contributed by atoms with Gasteiger partial charge in [-0.15, -0.1) is 0 Å². The second-order valence-electron chi connectivity index (χ2n) is 4.69. The summed E-state index contributed by atoms with van der Waals surface area (Å²) in [6.45, 7) is 2.25. The van der Waals surface area contributed by atoms with E-state index < -0.39 is 0 Å². The molecule has 0 fully saturated rings. The van der Waals surface area contributed by atoms with E-state index in [-0.39, 0.29) is 0 Å². The summed E-state index contributed by atoms with van der Waals surface area (Å²) in [5.74, 6) is 0. The van der Waals surface area contributed by atoms with E-state index in [2.05, 4.69) is 72.4 Å². The van der Waals surface area contributed by atoms with Gasteiger partial charge >= 0.3 is 0 Å². The van der Waals surface area contributed by atoms with Gasteiger partial charge in [0.2, 0.25) is 5.69 Å². The summed E-state index contributed by atoms with van der Waals surface area (Å²) in [6.07, 6.45) is 12.0. The molecule has 1 unspecified atom stereocenters. The topological polar surface area (TPSA) is 7.12 Å². The molecule has 0 N–H and O–H groups in total. The summed E-state index contributed by atoms with van der Waals surface area (Å²) in [5.41, 5.74) is 4.10. The number of pyridine rings is 1. The molecular formula is C15H17N2+. The Hall–Kier alpha value is -1.83. The SMILES string of the molecule is CC1=C(c2cccc[n+]2C)C=CN2C=CCC12. The third-order valence-electron chi connectivity index (χ3n) is 3.67. The normalized spacial score (nSPS) is 22.2. The minimum atomic E-state index is 0.523. The van der Waals surface area contributed by atoms with Crippen LogP contribution in [0.3, 0.4) is 0 Å². The molecule has 0 amide bonds. The Balaban J connectivity index is 2.07. The molecule has 86 valence electrons. The molecule has 0 radical (unpaired) electrons. The van der Waals surface area contributed by atoms with E-state index in [1.54, 1.807) is 0 Å². The Morgan fingerprint density at radius 3 is 3.00 bits per heavy atom. The molecule has 17 heavy (non-hydrogen) atoms. The van der Waals surface area contributed by atoms with Crippen molar-refractivity contribution in [2.75, 3.05) is 0 Å². The van der Waals surface area contributed by atoms with Crippen LogP contribution in [0, 0.1) is 0 Å². The minimum Gasteiger partial charge on any atom is -0.347 e. The van der Waals surface area contributed by atoms with E-state index in [0.717, 1.165) is 6.42 Å². The Morgan fingerprint density at radius 1 is 1.29 bits per heavy atom. The van der Waals surface area contributed by atoms with Gasteiger partial charge in [-0.25, -0.2) is 4.57 Å². The van der Waals surface area contributed by atoms with Crippen LogP contribution in [0.5, 0.6) is 0 Å². The Bertz CT molecular complexity index is 538. The molecule has 0 aromatic carbocycles. The fourth-order valence-electron chi connectivity index (χ4n) is 2.65. The maximum absolute atomic E-state index is 2.29. The lowest BCUT2D eigenvalue weighted by atomic mass is 9.95. The van der Waals surface area contributed by atoms with Crippen molar-refractivity contribution in [3.8, 4) is 0 Å². The van der Waals surface area contributed by atoms with E-state index >= 15 is 0 Å². The predicted molar refractivity (Wildman–Crippen MR) is 68.7 cm³/mol. The molecule has 2 heteroatoms. The molecule has 2 aliphatic heterocycles. The summed E-state index contributed by atoms with van der Waals surface area (Å²) >= 11 is 0. The van der Waals surface area contributed by atoms with Gasteiger partial charge in [-0.1, -0.05) is 6.08 Å². The maximum atomic E-state index is 2.29. The third-order valence-corrected chi connectivity index (χ3v) is 3.67. The lowest BCUT2D eigenvalue weighted by Crippen LogP contribution is -2.34. The van der Waals surface area contributed by atoms with Gasteiger partial charge in [0.1, 0.15) is 7.05 Å². The molecule has 0 saturated heterocycles. The van der Waals surface area contributed by atoms with Crippen LogP contribution in [-0.4, -0.2) is 10.9 Å². The van der Waals surface area contributed by atoms with E-state index in [1.807, 2.05) is 0 Å². The number of hydrogen-bond acceptors (Lipinski definition) is 1. The molecule has 2 nitrogen and oxygen atoms in total. The summed E-state index contributed by atoms with van der Waals surface area (Å²) in [5, 5.41) is 0. The number of hydrogen-bond donors (Lipinski definition) is 0. The average molecular weight is 225 g/mol. The zero-order valence-corrected chi connectivity index (χ0v) is 10.3. The van der Waals surface area contributed by atoms with Crippen LogP contribution in [0.1, 0.15) is 19.0 Å². The van der Waals surface area contributed by atoms with E-state index in [9.17, 15) is 0 Å². The highest BCUT2D eigenvalue weighted by Gasteiger charge is 2.26. The van der Waals surface area contributed by atoms with Crippen molar-refractivity contribution in [2.24, 2.45) is 7.05 Å². The van der Waals surface area contributed by atoms with Crippen LogP contribution in [0.4, 0.5) is 0 Å². The van der Waals surface area contributed by atoms with Crippen molar-refractivity contribution >= 4 is 5.57 Å². The van der Waals surface area contributed by atoms with Crippen molar-refractivity contribution in [3.05, 3.63) is 60.2 Å². The van der Waals surface area contributed by atoms with Crippen LogP contribution >= 0.6 is 0 Å². The lowest BCUT2D eigenvalue weighted by Gasteiger charge is -2.27. The van der Waals surface area contributed by atoms with E-state index in [1.165, 1.54) is 16.8 Å². The van der Waals surface area contributed by atoms with E-state index in [4.69, 9.17) is 0 Å². The molecule has 1 aromatic heterocycles. The number of allylic oxidation sites excluding steroid dienone is 2. The van der Waals surface area contributed by atoms with E-state index in [0.29, 0.717) is 6.04 Å². The van der Waals surface area contributed by atoms with Gasteiger partial charge in [-0.2, -0.15) is 0 Å². The molecule has 0 aliphatic carbocycles. The second-order valence-corrected chi connectivity index (χ2v) is 4.69. The molecule has 2 aliphatic rings. The predicted octanol–water partition coefficient (Wildman–Crippen LogP) is 2.40. The second kappa shape index (κ2) is 3.88. The van der Waals surface area contributed by atoms with Gasteiger partial charge in [0.05, 0.1) is 6.04 Å². The van der Waals surface area contributed by atoms with Crippen LogP contribution in [-0.2, 0) is 7.05 Å². The molecule has 1 aromatic rings. The number of aromatic nitrogens is 1. The smallest absolute Gasteiger partial charge is 0.212 e. The summed E-state index contributed by atoms with van der Waals surface area (Å²) in [7, 11) is 2.10. The monoisotopic (exact) mass is 225 g/mol. The largest absolute Gasteiger partial charge is 0.347 e. The minimum absolute atomic E-state index is 0.523. The third kappa shape index (κ3) is 1.60. The van der Waals surface area contributed by atoms with Crippen LogP contribution in [0.2, 0.25) is 0 Å². The summed E-state index contributed by atoms with van der Waals surface area (Å²) < 4.78 is 2.18. The highest BCUT2D eigenvalue weighted by Crippen LogP contribution is 2.32. The van der Waals surface area contributed by atoms with Gasteiger partial charge in [0.15, 0.2) is 6.20 Å². The number of aryl methyl sites for hydroxylation is 1. The van der Waals surface area contributed by atoms with Crippen molar-refractivity contribution in [3.63, 3.8) is 0 Å². The standard InChI is InChI=1S/C15H17N2/c1-12-13(15-6-3-4-9-16(15)2)8-11-17-10-5-7-14(12)17/h3-6,8-11,14H,7H2,1-2H3/q+1. The Morgan fingerprint density at radius 2 is 2.18 bits per heavy atom. The van der Waals surface area contributed by atoms with Gasteiger partial charge in [-0.05, 0) is 31.1 Å². The first-order chi connectivity index (χ1) is 8.27. The Kier molecular flexibility index (Phi) is 2.36. The van der Waals surface area contributed by atoms with Crippen LogP contribution < -0.4 is 4.57 Å². The van der Waals surface area contributed by atoms with Gasteiger partial charge in [0, 0.05) is 30.1 Å². The fraction of sp³-hybridized carbons (Fsp3) is 0.267. The number of rotatable bonds is 1. The van der Waals surface area contributed by atoms with Gasteiger partial charge in [-0.3, -0.25) is 0 Å².